The van der Waals surface area contributed by atoms with Crippen molar-refractivity contribution >= 4 is 28.3 Å². The van der Waals surface area contributed by atoms with Crippen molar-refractivity contribution in [2.24, 2.45) is 16.8 Å². The van der Waals surface area contributed by atoms with Gasteiger partial charge in [0.15, 0.2) is 0 Å². The molecule has 0 radical (unpaired) electrons. The van der Waals surface area contributed by atoms with Crippen molar-refractivity contribution in [1.82, 2.24) is 5.32 Å². The van der Waals surface area contributed by atoms with Crippen LogP contribution < -0.4 is 16.2 Å². The summed E-state index contributed by atoms with van der Waals surface area (Å²) in [6.07, 6.45) is 4.27. The second kappa shape index (κ2) is 8.63. The van der Waals surface area contributed by atoms with E-state index in [0.717, 1.165) is 25.7 Å². The molecule has 0 aliphatic heterocycles. The summed E-state index contributed by atoms with van der Waals surface area (Å²) in [7, 11) is -3.56. The zero-order valence-corrected chi connectivity index (χ0v) is 14.5. The van der Waals surface area contributed by atoms with E-state index < -0.39 is 10.0 Å². The molecule has 1 saturated carbocycles. The van der Waals surface area contributed by atoms with Crippen LogP contribution in [0.15, 0.2) is 24.3 Å². The Morgan fingerprint density at radius 2 is 1.78 bits per heavy atom. The van der Waals surface area contributed by atoms with Gasteiger partial charge in [-0.25, -0.2) is 13.6 Å². The van der Waals surface area contributed by atoms with Gasteiger partial charge in [0.1, 0.15) is 0 Å². The van der Waals surface area contributed by atoms with Crippen molar-refractivity contribution in [2.45, 2.75) is 37.5 Å². The summed E-state index contributed by atoms with van der Waals surface area (Å²) in [6.45, 7) is 0.582. The number of carbonyl (C=O) groups is 1. The Morgan fingerprint density at radius 1 is 1.17 bits per heavy atom. The van der Waals surface area contributed by atoms with E-state index in [-0.39, 0.29) is 30.1 Å². The van der Waals surface area contributed by atoms with E-state index in [1.165, 1.54) is 0 Å². The first-order valence-corrected chi connectivity index (χ1v) is 9.21. The number of nitrogens with one attached hydrogen (secondary N) is 1. The zero-order valence-electron chi connectivity index (χ0n) is 12.9. The van der Waals surface area contributed by atoms with Crippen LogP contribution in [0.2, 0.25) is 0 Å². The minimum absolute atomic E-state index is 0. The predicted molar refractivity (Wildman–Crippen MR) is 92.8 cm³/mol. The molecule has 1 aromatic rings. The third-order valence-electron chi connectivity index (χ3n) is 4.11. The van der Waals surface area contributed by atoms with Crippen molar-refractivity contribution in [3.63, 3.8) is 0 Å². The molecule has 6 nitrogen and oxygen atoms in total. The maximum absolute atomic E-state index is 12.3. The van der Waals surface area contributed by atoms with Gasteiger partial charge in [-0.15, -0.1) is 12.4 Å². The highest BCUT2D eigenvalue weighted by atomic mass is 35.5. The fourth-order valence-corrected chi connectivity index (χ4v) is 3.57. The van der Waals surface area contributed by atoms with Gasteiger partial charge in [0.2, 0.25) is 10.0 Å². The van der Waals surface area contributed by atoms with Gasteiger partial charge < -0.3 is 11.1 Å². The molecule has 0 heterocycles. The van der Waals surface area contributed by atoms with E-state index in [1.54, 1.807) is 24.3 Å². The van der Waals surface area contributed by atoms with Gasteiger partial charge >= 0.3 is 0 Å². The highest BCUT2D eigenvalue weighted by Gasteiger charge is 2.25. The Labute approximate surface area is 143 Å². The SMILES string of the molecule is Cl.NCC1CCCCC1NC(=O)c1ccc(CS(N)(=O)=O)cc1. The average Bonchev–Trinajstić information content (AvgIpc) is 2.47. The lowest BCUT2D eigenvalue weighted by Gasteiger charge is -2.31. The lowest BCUT2D eigenvalue weighted by Crippen LogP contribution is -2.44. The molecule has 2 rings (SSSR count). The minimum Gasteiger partial charge on any atom is -0.349 e. The first-order valence-electron chi connectivity index (χ1n) is 7.49. The maximum Gasteiger partial charge on any atom is 0.251 e. The number of benzene rings is 1. The van der Waals surface area contributed by atoms with E-state index in [0.29, 0.717) is 23.6 Å². The monoisotopic (exact) mass is 361 g/mol. The number of nitrogens with two attached hydrogens (primary N) is 2. The lowest BCUT2D eigenvalue weighted by molar-refractivity contribution is 0.0908. The van der Waals surface area contributed by atoms with Gasteiger partial charge in [-0.05, 0) is 43.0 Å². The molecule has 0 bridgehead atoms. The fraction of sp³-hybridized carbons (Fsp3) is 0.533. The summed E-state index contributed by atoms with van der Waals surface area (Å²) in [5, 5.41) is 8.04. The molecule has 2 unspecified atom stereocenters. The van der Waals surface area contributed by atoms with Gasteiger partial charge in [0.25, 0.3) is 5.91 Å². The molecule has 1 amide bonds. The van der Waals surface area contributed by atoms with Gasteiger partial charge in [-0.2, -0.15) is 0 Å². The standard InChI is InChI=1S/C15H23N3O3S.ClH/c16-9-13-3-1-2-4-14(13)18-15(19)12-7-5-11(6-8-12)10-22(17,20)21;/h5-8,13-14H,1-4,9-10,16H2,(H,18,19)(H2,17,20,21);1H. The molecule has 8 heteroatoms. The predicted octanol–water partition coefficient (Wildman–Crippen LogP) is 1.14. The Bertz CT molecular complexity index is 619. The normalized spacial score (nSPS) is 21.3. The Morgan fingerprint density at radius 3 is 2.35 bits per heavy atom. The molecule has 0 spiro atoms. The molecule has 1 aliphatic carbocycles. The van der Waals surface area contributed by atoms with Crippen molar-refractivity contribution in [3.05, 3.63) is 35.4 Å². The molecular weight excluding hydrogens is 338 g/mol. The number of sulfonamides is 1. The Hall–Kier alpha value is -1.15. The summed E-state index contributed by atoms with van der Waals surface area (Å²) in [4.78, 5) is 12.3. The van der Waals surface area contributed by atoms with Crippen LogP contribution in [-0.4, -0.2) is 26.9 Å². The van der Waals surface area contributed by atoms with Gasteiger partial charge in [0, 0.05) is 11.6 Å². The second-order valence-electron chi connectivity index (χ2n) is 5.86. The summed E-state index contributed by atoms with van der Waals surface area (Å²) in [6, 6.07) is 6.59. The van der Waals surface area contributed by atoms with Crippen LogP contribution in [0.5, 0.6) is 0 Å². The van der Waals surface area contributed by atoms with Crippen LogP contribution in [0.25, 0.3) is 0 Å². The molecule has 5 N–H and O–H groups in total. The van der Waals surface area contributed by atoms with E-state index in [2.05, 4.69) is 5.32 Å². The van der Waals surface area contributed by atoms with Crippen LogP contribution in [0.3, 0.4) is 0 Å². The van der Waals surface area contributed by atoms with Gasteiger partial charge in [-0.3, -0.25) is 4.79 Å². The molecular formula is C15H24ClN3O3S. The second-order valence-corrected chi connectivity index (χ2v) is 7.48. The third-order valence-corrected chi connectivity index (χ3v) is 4.85. The van der Waals surface area contributed by atoms with Gasteiger partial charge in [0.05, 0.1) is 5.75 Å². The van der Waals surface area contributed by atoms with Crippen LogP contribution in [0.1, 0.15) is 41.6 Å². The number of amides is 1. The van der Waals surface area contributed by atoms with Crippen LogP contribution in [0.4, 0.5) is 0 Å². The van der Waals surface area contributed by atoms with Crippen molar-refractivity contribution in [1.29, 1.82) is 0 Å². The van der Waals surface area contributed by atoms with E-state index >= 15 is 0 Å². The number of hydrogen-bond donors (Lipinski definition) is 3. The van der Waals surface area contributed by atoms with Gasteiger partial charge in [-0.1, -0.05) is 25.0 Å². The highest BCUT2D eigenvalue weighted by Crippen LogP contribution is 2.23. The average molecular weight is 362 g/mol. The largest absolute Gasteiger partial charge is 0.349 e. The summed E-state index contributed by atoms with van der Waals surface area (Å²) in [5.41, 5.74) is 6.85. The number of halogens is 1. The molecule has 130 valence electrons. The fourth-order valence-electron chi connectivity index (χ4n) is 2.92. The van der Waals surface area contributed by atoms with E-state index in [4.69, 9.17) is 10.9 Å². The summed E-state index contributed by atoms with van der Waals surface area (Å²) < 4.78 is 22.1. The van der Waals surface area contributed by atoms with Crippen LogP contribution in [-0.2, 0) is 15.8 Å². The minimum atomic E-state index is -3.56. The molecule has 2 atom stereocenters. The number of carbonyl (C=O) groups excluding carboxylic acids is 1. The van der Waals surface area contributed by atoms with E-state index in [1.807, 2.05) is 0 Å². The molecule has 1 aromatic carbocycles. The number of hydrogen-bond acceptors (Lipinski definition) is 4. The molecule has 0 aromatic heterocycles. The van der Waals surface area contributed by atoms with E-state index in [9.17, 15) is 13.2 Å². The van der Waals surface area contributed by atoms with Crippen molar-refractivity contribution in [2.75, 3.05) is 6.54 Å². The quantitative estimate of drug-likeness (QED) is 0.729. The molecule has 0 saturated heterocycles. The molecule has 1 aliphatic rings. The first kappa shape index (κ1) is 19.9. The number of primary sulfonamides is 1. The maximum atomic E-state index is 12.3. The summed E-state index contributed by atoms with van der Waals surface area (Å²) in [5.74, 6) is -0.0425. The van der Waals surface area contributed by atoms with Crippen molar-refractivity contribution in [3.8, 4) is 0 Å². The van der Waals surface area contributed by atoms with Crippen LogP contribution in [0, 0.1) is 5.92 Å². The summed E-state index contributed by atoms with van der Waals surface area (Å²) >= 11 is 0. The molecule has 23 heavy (non-hydrogen) atoms. The van der Waals surface area contributed by atoms with Crippen LogP contribution >= 0.6 is 12.4 Å². The topological polar surface area (TPSA) is 115 Å². The first-order chi connectivity index (χ1) is 10.4. The smallest absolute Gasteiger partial charge is 0.251 e. The zero-order chi connectivity index (χ0) is 16.2. The number of rotatable bonds is 5. The van der Waals surface area contributed by atoms with Crippen molar-refractivity contribution < 1.29 is 13.2 Å². The highest BCUT2D eigenvalue weighted by molar-refractivity contribution is 7.88. The Kier molecular flexibility index (Phi) is 7.47. The Balaban J connectivity index is 0.00000264. The third kappa shape index (κ3) is 6.10. The lowest BCUT2D eigenvalue weighted by atomic mass is 9.84. The molecule has 1 fully saturated rings.